The van der Waals surface area contributed by atoms with Crippen LogP contribution in [0.4, 0.5) is 5.69 Å². The molecular weight excluding hydrogens is 300 g/mol. The van der Waals surface area contributed by atoms with E-state index in [1.807, 2.05) is 24.5 Å². The predicted molar refractivity (Wildman–Crippen MR) is 94.9 cm³/mol. The number of piperidine rings is 1. The van der Waals surface area contributed by atoms with Gasteiger partial charge in [0, 0.05) is 30.9 Å². The van der Waals surface area contributed by atoms with E-state index in [2.05, 4.69) is 40.6 Å². The van der Waals surface area contributed by atoms with Crippen LogP contribution in [0.25, 0.3) is 0 Å². The molecule has 24 heavy (non-hydrogen) atoms. The van der Waals surface area contributed by atoms with Crippen LogP contribution in [0.1, 0.15) is 51.1 Å². The minimum absolute atomic E-state index is 0.0284. The fourth-order valence-electron chi connectivity index (χ4n) is 3.17. The third-order valence-corrected chi connectivity index (χ3v) is 4.69. The second-order valence-electron chi connectivity index (χ2n) is 7.57. The summed E-state index contributed by atoms with van der Waals surface area (Å²) < 4.78 is 0. The standard InChI is InChI=1S/C19H26N4O/c1-19(2,3)18-21-12-16(13-22-18)23-9-6-14(7-10-23)17(24)15-5-4-8-20-11-15/h4-5,8,11-14,17,24H,6-7,9-10H2,1-3H3. The zero-order chi connectivity index (χ0) is 17.2. The SMILES string of the molecule is CC(C)(C)c1ncc(N2CCC(C(O)c3cccnc3)CC2)cn1. The van der Waals surface area contributed by atoms with Gasteiger partial charge in [-0.1, -0.05) is 26.8 Å². The highest BCUT2D eigenvalue weighted by molar-refractivity contribution is 5.42. The third-order valence-electron chi connectivity index (χ3n) is 4.69. The number of rotatable bonds is 3. The lowest BCUT2D eigenvalue weighted by Crippen LogP contribution is -2.36. The Labute approximate surface area is 143 Å². The van der Waals surface area contributed by atoms with Crippen LogP contribution in [0.5, 0.6) is 0 Å². The molecular formula is C19H26N4O. The first-order chi connectivity index (χ1) is 11.4. The van der Waals surface area contributed by atoms with E-state index < -0.39 is 6.10 Å². The zero-order valence-corrected chi connectivity index (χ0v) is 14.7. The molecule has 0 amide bonds. The van der Waals surface area contributed by atoms with Crippen LogP contribution in [0.15, 0.2) is 36.9 Å². The van der Waals surface area contributed by atoms with E-state index in [4.69, 9.17) is 0 Å². The monoisotopic (exact) mass is 326 g/mol. The maximum Gasteiger partial charge on any atom is 0.133 e. The highest BCUT2D eigenvalue weighted by Gasteiger charge is 2.27. The van der Waals surface area contributed by atoms with Crippen LogP contribution < -0.4 is 4.90 Å². The fourth-order valence-corrected chi connectivity index (χ4v) is 3.17. The van der Waals surface area contributed by atoms with Gasteiger partial charge in [0.05, 0.1) is 24.2 Å². The number of aliphatic hydroxyl groups excluding tert-OH is 1. The van der Waals surface area contributed by atoms with Gasteiger partial charge < -0.3 is 10.0 Å². The summed E-state index contributed by atoms with van der Waals surface area (Å²) in [6.45, 7) is 8.19. The molecule has 0 bridgehead atoms. The Kier molecular flexibility index (Phi) is 4.81. The Bertz CT molecular complexity index is 643. The molecule has 1 atom stereocenters. The lowest BCUT2D eigenvalue weighted by Gasteiger charge is -2.35. The molecule has 1 aliphatic heterocycles. The molecule has 2 aromatic rings. The Balaban J connectivity index is 1.61. The van der Waals surface area contributed by atoms with Crippen LogP contribution in [-0.4, -0.2) is 33.1 Å². The van der Waals surface area contributed by atoms with Crippen LogP contribution in [0, 0.1) is 5.92 Å². The normalized spacial score (nSPS) is 17.8. The van der Waals surface area contributed by atoms with Crippen LogP contribution in [-0.2, 0) is 5.41 Å². The number of nitrogens with zero attached hydrogens (tertiary/aromatic N) is 4. The van der Waals surface area contributed by atoms with Crippen molar-refractivity contribution in [1.82, 2.24) is 15.0 Å². The van der Waals surface area contributed by atoms with Gasteiger partial charge in [0.25, 0.3) is 0 Å². The molecule has 5 nitrogen and oxygen atoms in total. The summed E-state index contributed by atoms with van der Waals surface area (Å²) >= 11 is 0. The fraction of sp³-hybridized carbons (Fsp3) is 0.526. The van der Waals surface area contributed by atoms with Gasteiger partial charge in [0.1, 0.15) is 5.82 Å². The van der Waals surface area contributed by atoms with Crippen molar-refractivity contribution in [1.29, 1.82) is 0 Å². The molecule has 1 unspecified atom stereocenters. The molecule has 1 aliphatic rings. The highest BCUT2D eigenvalue weighted by atomic mass is 16.3. The maximum atomic E-state index is 10.5. The molecule has 1 N–H and O–H groups in total. The Morgan fingerprint density at radius 1 is 1.12 bits per heavy atom. The van der Waals surface area contributed by atoms with Gasteiger partial charge in [0.15, 0.2) is 0 Å². The summed E-state index contributed by atoms with van der Waals surface area (Å²) in [5.41, 5.74) is 1.95. The van der Waals surface area contributed by atoms with E-state index in [1.165, 1.54) is 0 Å². The molecule has 0 saturated carbocycles. The Morgan fingerprint density at radius 2 is 1.79 bits per heavy atom. The van der Waals surface area contributed by atoms with Gasteiger partial charge >= 0.3 is 0 Å². The number of pyridine rings is 1. The van der Waals surface area contributed by atoms with Crippen molar-refractivity contribution in [3.05, 3.63) is 48.3 Å². The lowest BCUT2D eigenvalue weighted by atomic mass is 9.88. The minimum Gasteiger partial charge on any atom is -0.388 e. The van der Waals surface area contributed by atoms with E-state index in [1.54, 1.807) is 12.4 Å². The summed E-state index contributed by atoms with van der Waals surface area (Å²) in [7, 11) is 0. The smallest absolute Gasteiger partial charge is 0.133 e. The highest BCUT2D eigenvalue weighted by Crippen LogP contribution is 2.32. The molecule has 3 rings (SSSR count). The molecule has 1 saturated heterocycles. The topological polar surface area (TPSA) is 62.1 Å². The average Bonchev–Trinajstić information content (AvgIpc) is 2.61. The summed E-state index contributed by atoms with van der Waals surface area (Å²) in [5.74, 6) is 1.15. The van der Waals surface area contributed by atoms with Gasteiger partial charge in [-0.15, -0.1) is 0 Å². The third kappa shape index (κ3) is 3.73. The van der Waals surface area contributed by atoms with E-state index in [0.29, 0.717) is 0 Å². The summed E-state index contributed by atoms with van der Waals surface area (Å²) in [4.78, 5) is 15.4. The summed E-state index contributed by atoms with van der Waals surface area (Å²) in [6.07, 6.45) is 8.82. The zero-order valence-electron chi connectivity index (χ0n) is 14.7. The van der Waals surface area contributed by atoms with Gasteiger partial charge in [-0.05, 0) is 30.4 Å². The van der Waals surface area contributed by atoms with Gasteiger partial charge in [-0.25, -0.2) is 9.97 Å². The van der Waals surface area contributed by atoms with Crippen molar-refractivity contribution in [3.63, 3.8) is 0 Å². The van der Waals surface area contributed by atoms with E-state index in [-0.39, 0.29) is 11.3 Å². The molecule has 2 aromatic heterocycles. The quantitative estimate of drug-likeness (QED) is 0.939. The Morgan fingerprint density at radius 3 is 2.33 bits per heavy atom. The summed E-state index contributed by atoms with van der Waals surface area (Å²) in [5, 5.41) is 10.5. The lowest BCUT2D eigenvalue weighted by molar-refractivity contribution is 0.0926. The number of aromatic nitrogens is 3. The van der Waals surface area contributed by atoms with Gasteiger partial charge in [0.2, 0.25) is 0 Å². The molecule has 0 aliphatic carbocycles. The average molecular weight is 326 g/mol. The first-order valence-electron chi connectivity index (χ1n) is 8.60. The van der Waals surface area contributed by atoms with E-state index in [9.17, 15) is 5.11 Å². The number of hydrogen-bond acceptors (Lipinski definition) is 5. The predicted octanol–water partition coefficient (Wildman–Crippen LogP) is 3.12. The van der Waals surface area contributed by atoms with Crippen LogP contribution in [0.3, 0.4) is 0 Å². The molecule has 0 radical (unpaired) electrons. The Hall–Kier alpha value is -2.01. The van der Waals surface area contributed by atoms with Crippen molar-refractivity contribution in [2.24, 2.45) is 5.92 Å². The number of aliphatic hydroxyl groups is 1. The molecule has 0 spiro atoms. The number of anilines is 1. The van der Waals surface area contributed by atoms with E-state index in [0.717, 1.165) is 43.0 Å². The van der Waals surface area contributed by atoms with Gasteiger partial charge in [-0.3, -0.25) is 4.98 Å². The molecule has 1 fully saturated rings. The molecule has 128 valence electrons. The van der Waals surface area contributed by atoms with Crippen molar-refractivity contribution in [2.75, 3.05) is 18.0 Å². The number of hydrogen-bond donors (Lipinski definition) is 1. The second kappa shape index (κ2) is 6.85. The van der Waals surface area contributed by atoms with Crippen molar-refractivity contribution >= 4 is 5.69 Å². The van der Waals surface area contributed by atoms with Crippen LogP contribution in [0.2, 0.25) is 0 Å². The van der Waals surface area contributed by atoms with Crippen molar-refractivity contribution < 1.29 is 5.11 Å². The molecule has 3 heterocycles. The first-order valence-corrected chi connectivity index (χ1v) is 8.60. The maximum absolute atomic E-state index is 10.5. The molecule has 0 aromatic carbocycles. The van der Waals surface area contributed by atoms with Gasteiger partial charge in [-0.2, -0.15) is 0 Å². The first kappa shape index (κ1) is 16.8. The molecule has 5 heteroatoms. The van der Waals surface area contributed by atoms with Crippen molar-refractivity contribution in [2.45, 2.75) is 45.1 Å². The largest absolute Gasteiger partial charge is 0.388 e. The minimum atomic E-state index is -0.430. The van der Waals surface area contributed by atoms with Crippen molar-refractivity contribution in [3.8, 4) is 0 Å². The summed E-state index contributed by atoms with van der Waals surface area (Å²) in [6, 6.07) is 3.82. The van der Waals surface area contributed by atoms with Crippen LogP contribution >= 0.6 is 0 Å². The van der Waals surface area contributed by atoms with E-state index >= 15 is 0 Å². The second-order valence-corrected chi connectivity index (χ2v) is 7.57.